The second kappa shape index (κ2) is 6.63. The normalized spacial score (nSPS) is 17.2. The number of nitrogens with zero attached hydrogens (tertiary/aromatic N) is 4. The lowest BCUT2D eigenvalue weighted by Gasteiger charge is -2.19. The van der Waals surface area contributed by atoms with E-state index in [2.05, 4.69) is 43.3 Å². The molecule has 0 atom stereocenters. The Morgan fingerprint density at radius 1 is 1.12 bits per heavy atom. The summed E-state index contributed by atoms with van der Waals surface area (Å²) in [6.07, 6.45) is 8.19. The lowest BCUT2D eigenvalue weighted by atomic mass is 9.90. The molecule has 0 fully saturated rings. The zero-order valence-electron chi connectivity index (χ0n) is 14.0. The first kappa shape index (κ1) is 15.2. The number of aryl methyl sites for hydroxylation is 2. The molecule has 2 aromatic rings. The van der Waals surface area contributed by atoms with E-state index in [-0.39, 0.29) is 0 Å². The fourth-order valence-corrected chi connectivity index (χ4v) is 3.72. The van der Waals surface area contributed by atoms with Crippen molar-refractivity contribution in [2.45, 2.75) is 58.0 Å². The van der Waals surface area contributed by atoms with Crippen LogP contribution in [0.25, 0.3) is 0 Å². The van der Waals surface area contributed by atoms with Gasteiger partial charge in [0.2, 0.25) is 0 Å². The molecule has 0 saturated heterocycles. The number of hydrogen-bond donors (Lipinski definition) is 2. The summed E-state index contributed by atoms with van der Waals surface area (Å²) in [5.74, 6) is 2.43. The Morgan fingerprint density at radius 2 is 2.00 bits per heavy atom. The molecular formula is C18H24N6. The first-order chi connectivity index (χ1) is 11.8. The predicted octanol–water partition coefficient (Wildman–Crippen LogP) is 2.42. The van der Waals surface area contributed by atoms with E-state index in [0.717, 1.165) is 43.1 Å². The largest absolute Gasteiger partial charge is 0.370 e. The Labute approximate surface area is 142 Å². The molecule has 1 aliphatic heterocycles. The molecular weight excluding hydrogens is 300 g/mol. The van der Waals surface area contributed by atoms with Crippen molar-refractivity contribution in [2.24, 2.45) is 10.7 Å². The van der Waals surface area contributed by atoms with Gasteiger partial charge in [-0.1, -0.05) is 12.1 Å². The first-order valence-electron chi connectivity index (χ1n) is 8.90. The van der Waals surface area contributed by atoms with Gasteiger partial charge in [0.15, 0.2) is 11.8 Å². The number of aliphatic imine (C=N–C) groups is 1. The van der Waals surface area contributed by atoms with Crippen molar-refractivity contribution in [1.29, 1.82) is 0 Å². The van der Waals surface area contributed by atoms with Crippen LogP contribution in [0.1, 0.15) is 48.5 Å². The maximum Gasteiger partial charge on any atom is 0.193 e. The number of aromatic nitrogens is 3. The van der Waals surface area contributed by atoms with Gasteiger partial charge in [-0.15, -0.1) is 10.2 Å². The lowest BCUT2D eigenvalue weighted by Crippen LogP contribution is -2.24. The van der Waals surface area contributed by atoms with Gasteiger partial charge in [-0.05, 0) is 55.7 Å². The molecule has 4 rings (SSSR count). The van der Waals surface area contributed by atoms with Gasteiger partial charge in [0.25, 0.3) is 0 Å². The summed E-state index contributed by atoms with van der Waals surface area (Å²) in [5, 5.41) is 11.8. The van der Waals surface area contributed by atoms with E-state index >= 15 is 0 Å². The summed E-state index contributed by atoms with van der Waals surface area (Å²) in [7, 11) is 0. The van der Waals surface area contributed by atoms with Gasteiger partial charge in [0, 0.05) is 18.7 Å². The average molecular weight is 324 g/mol. The third kappa shape index (κ3) is 3.00. The number of anilines is 1. The maximum atomic E-state index is 6.11. The van der Waals surface area contributed by atoms with Crippen molar-refractivity contribution < 1.29 is 0 Å². The van der Waals surface area contributed by atoms with Crippen molar-refractivity contribution in [1.82, 2.24) is 14.8 Å². The van der Waals surface area contributed by atoms with Gasteiger partial charge in [0.1, 0.15) is 12.4 Å². The molecule has 0 bridgehead atoms. The Kier molecular flexibility index (Phi) is 4.19. The van der Waals surface area contributed by atoms with Crippen molar-refractivity contribution in [3.8, 4) is 0 Å². The lowest BCUT2D eigenvalue weighted by molar-refractivity contribution is 0.508. The highest BCUT2D eigenvalue weighted by atomic mass is 15.3. The monoisotopic (exact) mass is 324 g/mol. The minimum Gasteiger partial charge on any atom is -0.370 e. The Morgan fingerprint density at radius 3 is 2.96 bits per heavy atom. The summed E-state index contributed by atoms with van der Waals surface area (Å²) in [6.45, 7) is 1.47. The number of nitrogens with two attached hydrogens (primary N) is 1. The van der Waals surface area contributed by atoms with Gasteiger partial charge in [-0.2, -0.15) is 0 Å². The molecule has 6 nitrogen and oxygen atoms in total. The minimum atomic E-state index is 0.446. The summed E-state index contributed by atoms with van der Waals surface area (Å²) in [4.78, 5) is 4.48. The zero-order chi connectivity index (χ0) is 16.4. The van der Waals surface area contributed by atoms with Crippen LogP contribution < -0.4 is 11.1 Å². The van der Waals surface area contributed by atoms with E-state index in [4.69, 9.17) is 5.73 Å². The molecule has 24 heavy (non-hydrogen) atoms. The Hall–Kier alpha value is -2.37. The average Bonchev–Trinajstić information content (AvgIpc) is 3.04. The van der Waals surface area contributed by atoms with Gasteiger partial charge in [-0.25, -0.2) is 4.99 Å². The van der Waals surface area contributed by atoms with Crippen LogP contribution in [0, 0.1) is 0 Å². The molecule has 0 unspecified atom stereocenters. The van der Waals surface area contributed by atoms with Gasteiger partial charge in [-0.3, -0.25) is 0 Å². The van der Waals surface area contributed by atoms with Crippen molar-refractivity contribution in [3.05, 3.63) is 41.0 Å². The molecule has 0 saturated carbocycles. The number of hydrogen-bond acceptors (Lipinski definition) is 3. The fraction of sp³-hybridized carbons (Fsp3) is 0.500. The molecule has 0 radical (unpaired) electrons. The van der Waals surface area contributed by atoms with E-state index < -0.39 is 0 Å². The van der Waals surface area contributed by atoms with Crippen LogP contribution in [0.3, 0.4) is 0 Å². The summed E-state index contributed by atoms with van der Waals surface area (Å²) in [6, 6.07) is 6.40. The minimum absolute atomic E-state index is 0.446. The molecule has 0 amide bonds. The number of fused-ring (bicyclic) bond motifs is 2. The SMILES string of the molecule is NC(=NCc1nnc2n1CCCC2)Nc1cccc2c1CCCC2. The Balaban J connectivity index is 1.47. The van der Waals surface area contributed by atoms with Crippen molar-refractivity contribution in [2.75, 3.05) is 5.32 Å². The third-order valence-corrected chi connectivity index (χ3v) is 4.99. The summed E-state index contributed by atoms with van der Waals surface area (Å²) >= 11 is 0. The molecule has 0 spiro atoms. The topological polar surface area (TPSA) is 81.1 Å². The second-order valence-corrected chi connectivity index (χ2v) is 6.62. The van der Waals surface area contributed by atoms with E-state index in [1.165, 1.54) is 36.8 Å². The smallest absolute Gasteiger partial charge is 0.193 e. The number of nitrogens with one attached hydrogen (secondary N) is 1. The number of guanidine groups is 1. The van der Waals surface area contributed by atoms with E-state index in [0.29, 0.717) is 12.5 Å². The molecule has 126 valence electrons. The highest BCUT2D eigenvalue weighted by Gasteiger charge is 2.16. The zero-order valence-corrected chi connectivity index (χ0v) is 14.0. The molecule has 1 aromatic carbocycles. The number of rotatable bonds is 3. The maximum absolute atomic E-state index is 6.11. The van der Waals surface area contributed by atoms with Gasteiger partial charge in [0.05, 0.1) is 0 Å². The van der Waals surface area contributed by atoms with Crippen molar-refractivity contribution >= 4 is 11.6 Å². The quantitative estimate of drug-likeness (QED) is 0.671. The van der Waals surface area contributed by atoms with Crippen LogP contribution >= 0.6 is 0 Å². The molecule has 1 aliphatic carbocycles. The number of benzene rings is 1. The second-order valence-electron chi connectivity index (χ2n) is 6.62. The highest BCUT2D eigenvalue weighted by Crippen LogP contribution is 2.27. The van der Waals surface area contributed by atoms with Gasteiger partial charge < -0.3 is 15.6 Å². The van der Waals surface area contributed by atoms with Crippen LogP contribution in [-0.4, -0.2) is 20.7 Å². The van der Waals surface area contributed by atoms with Crippen LogP contribution in [-0.2, 0) is 32.4 Å². The molecule has 6 heteroatoms. The van der Waals surface area contributed by atoms with Crippen LogP contribution in [0.2, 0.25) is 0 Å². The molecule has 2 heterocycles. The van der Waals surface area contributed by atoms with Crippen LogP contribution in [0.5, 0.6) is 0 Å². The molecule has 2 aliphatic rings. The van der Waals surface area contributed by atoms with Crippen LogP contribution in [0.15, 0.2) is 23.2 Å². The van der Waals surface area contributed by atoms with Crippen molar-refractivity contribution in [3.63, 3.8) is 0 Å². The Bertz CT molecular complexity index is 761. The van der Waals surface area contributed by atoms with E-state index in [1.807, 2.05) is 0 Å². The predicted molar refractivity (Wildman–Crippen MR) is 95.0 cm³/mol. The summed E-state index contributed by atoms with van der Waals surface area (Å²) < 4.78 is 2.19. The fourth-order valence-electron chi connectivity index (χ4n) is 3.72. The molecule has 3 N–H and O–H groups in total. The summed E-state index contributed by atoms with van der Waals surface area (Å²) in [5.41, 5.74) is 10.0. The van der Waals surface area contributed by atoms with Crippen LogP contribution in [0.4, 0.5) is 5.69 Å². The first-order valence-corrected chi connectivity index (χ1v) is 8.90. The van der Waals surface area contributed by atoms with E-state index in [1.54, 1.807) is 0 Å². The highest BCUT2D eigenvalue weighted by molar-refractivity contribution is 5.93. The molecule has 1 aromatic heterocycles. The third-order valence-electron chi connectivity index (χ3n) is 4.99. The van der Waals surface area contributed by atoms with E-state index in [9.17, 15) is 0 Å². The van der Waals surface area contributed by atoms with Gasteiger partial charge >= 0.3 is 0 Å². The standard InChI is InChI=1S/C18H24N6/c19-18(20-12-17-23-22-16-10-3-4-11-24(16)17)21-15-9-5-7-13-6-1-2-8-14(13)15/h5,7,9H,1-4,6,8,10-12H2,(H3,19,20,21).